The summed E-state index contributed by atoms with van der Waals surface area (Å²) in [6.45, 7) is 4.11. The molecule has 5 nitrogen and oxygen atoms in total. The van der Waals surface area contributed by atoms with E-state index in [1.807, 2.05) is 24.3 Å². The van der Waals surface area contributed by atoms with Gasteiger partial charge in [-0.05, 0) is 35.4 Å². The van der Waals surface area contributed by atoms with Crippen molar-refractivity contribution in [2.24, 2.45) is 5.92 Å². The number of anilines is 2. The zero-order valence-electron chi connectivity index (χ0n) is 12.5. The Morgan fingerprint density at radius 3 is 2.68 bits per heavy atom. The Balaban J connectivity index is 2.24. The minimum Gasteiger partial charge on any atom is -0.384 e. The normalized spacial score (nSPS) is 10.7. The van der Waals surface area contributed by atoms with E-state index < -0.39 is 0 Å². The average Bonchev–Trinajstić information content (AvgIpc) is 2.86. The topological polar surface area (TPSA) is 93.6 Å². The first-order valence-corrected chi connectivity index (χ1v) is 7.05. The number of fused-ring (bicyclic) bond motifs is 1. The van der Waals surface area contributed by atoms with Crippen LogP contribution in [-0.2, 0) is 0 Å². The second-order valence-corrected chi connectivity index (χ2v) is 5.45. The lowest BCUT2D eigenvalue weighted by molar-refractivity contribution is 0.866. The molecule has 0 amide bonds. The third kappa shape index (κ3) is 2.59. The van der Waals surface area contributed by atoms with Gasteiger partial charge < -0.3 is 11.5 Å². The molecule has 2 aromatic heterocycles. The predicted molar refractivity (Wildman–Crippen MR) is 89.9 cm³/mol. The van der Waals surface area contributed by atoms with Gasteiger partial charge in [0, 0.05) is 17.5 Å². The van der Waals surface area contributed by atoms with Crippen molar-refractivity contribution in [1.82, 2.24) is 15.2 Å². The number of hydrogen-bond donors (Lipinski definition) is 3. The van der Waals surface area contributed by atoms with Gasteiger partial charge >= 0.3 is 0 Å². The number of H-pyrrole nitrogens is 1. The fourth-order valence-electron chi connectivity index (χ4n) is 2.26. The lowest BCUT2D eigenvalue weighted by Gasteiger charge is -2.05. The van der Waals surface area contributed by atoms with Crippen molar-refractivity contribution in [3.63, 3.8) is 0 Å². The minimum absolute atomic E-state index is 0.288. The molecule has 0 atom stereocenters. The van der Waals surface area contributed by atoms with Crippen LogP contribution in [0.5, 0.6) is 0 Å². The number of hydrogen-bond acceptors (Lipinski definition) is 4. The molecule has 0 aliphatic rings. The summed E-state index contributed by atoms with van der Waals surface area (Å²) >= 11 is 0. The van der Waals surface area contributed by atoms with Crippen molar-refractivity contribution in [3.05, 3.63) is 36.0 Å². The first kappa shape index (κ1) is 14.0. The lowest BCUT2D eigenvalue weighted by Crippen LogP contribution is -1.91. The highest BCUT2D eigenvalue weighted by molar-refractivity contribution is 5.96. The van der Waals surface area contributed by atoms with Crippen LogP contribution in [0.3, 0.4) is 0 Å². The van der Waals surface area contributed by atoms with Gasteiger partial charge in [0.1, 0.15) is 5.82 Å². The van der Waals surface area contributed by atoms with Crippen molar-refractivity contribution in [2.75, 3.05) is 11.5 Å². The summed E-state index contributed by atoms with van der Waals surface area (Å²) < 4.78 is 0. The number of aromatic amines is 1. The molecule has 22 heavy (non-hydrogen) atoms. The highest BCUT2D eigenvalue weighted by Gasteiger charge is 2.10. The van der Waals surface area contributed by atoms with Gasteiger partial charge in [0.2, 0.25) is 0 Å². The number of aromatic nitrogens is 3. The van der Waals surface area contributed by atoms with Crippen LogP contribution in [0.4, 0.5) is 11.6 Å². The second-order valence-electron chi connectivity index (χ2n) is 5.45. The Kier molecular flexibility index (Phi) is 3.43. The quantitative estimate of drug-likeness (QED) is 0.601. The second kappa shape index (κ2) is 5.41. The molecule has 2 heterocycles. The molecule has 0 radical (unpaired) electrons. The van der Waals surface area contributed by atoms with Gasteiger partial charge in [0.25, 0.3) is 0 Å². The van der Waals surface area contributed by atoms with Crippen LogP contribution in [0.1, 0.15) is 19.4 Å². The van der Waals surface area contributed by atoms with Gasteiger partial charge in [-0.2, -0.15) is 5.10 Å². The Hall–Kier alpha value is -3.00. The fraction of sp³-hybridized carbons (Fsp3) is 0.176. The molecule has 1 aromatic carbocycles. The number of nitrogen functional groups attached to an aromatic ring is 2. The summed E-state index contributed by atoms with van der Waals surface area (Å²) in [6, 6.07) is 7.75. The van der Waals surface area contributed by atoms with Crippen LogP contribution >= 0.6 is 0 Å². The number of pyridine rings is 1. The van der Waals surface area contributed by atoms with E-state index in [2.05, 4.69) is 40.9 Å². The summed E-state index contributed by atoms with van der Waals surface area (Å²) in [4.78, 5) is 4.02. The molecule has 0 aliphatic heterocycles. The van der Waals surface area contributed by atoms with Gasteiger partial charge in [0.15, 0.2) is 5.82 Å². The molecule has 3 rings (SSSR count). The summed E-state index contributed by atoms with van der Waals surface area (Å²) in [5.74, 6) is 7.61. The molecule has 5 N–H and O–H groups in total. The average molecular weight is 291 g/mol. The van der Waals surface area contributed by atoms with Crippen molar-refractivity contribution in [3.8, 4) is 23.0 Å². The van der Waals surface area contributed by atoms with Crippen LogP contribution in [0, 0.1) is 17.8 Å². The molecular weight excluding hydrogens is 274 g/mol. The van der Waals surface area contributed by atoms with E-state index in [0.29, 0.717) is 11.6 Å². The highest BCUT2D eigenvalue weighted by atomic mass is 15.1. The predicted octanol–water partition coefficient (Wildman–Crippen LogP) is 2.80. The van der Waals surface area contributed by atoms with Crippen molar-refractivity contribution in [1.29, 1.82) is 0 Å². The number of nitrogens with one attached hydrogen (secondary N) is 1. The van der Waals surface area contributed by atoms with E-state index in [0.717, 1.165) is 27.6 Å². The zero-order chi connectivity index (χ0) is 15.7. The van der Waals surface area contributed by atoms with Gasteiger partial charge in [-0.15, -0.1) is 0 Å². The highest BCUT2D eigenvalue weighted by Crippen LogP contribution is 2.29. The largest absolute Gasteiger partial charge is 0.384 e. The molecule has 0 spiro atoms. The fourth-order valence-corrected chi connectivity index (χ4v) is 2.26. The van der Waals surface area contributed by atoms with Crippen LogP contribution in [0.25, 0.3) is 22.0 Å². The summed E-state index contributed by atoms with van der Waals surface area (Å²) in [5.41, 5.74) is 15.4. The molecule has 0 aliphatic carbocycles. The van der Waals surface area contributed by atoms with Gasteiger partial charge in [-0.3, -0.25) is 5.10 Å². The van der Waals surface area contributed by atoms with Crippen molar-refractivity contribution >= 4 is 22.5 Å². The van der Waals surface area contributed by atoms with E-state index >= 15 is 0 Å². The Labute approximate surface area is 128 Å². The maximum absolute atomic E-state index is 5.95. The molecule has 3 aromatic rings. The number of nitrogens with zero attached hydrogens (tertiary/aromatic N) is 2. The van der Waals surface area contributed by atoms with Gasteiger partial charge in [-0.1, -0.05) is 25.7 Å². The van der Waals surface area contributed by atoms with Gasteiger partial charge in [-0.25, -0.2) is 4.98 Å². The number of nitrogens with two attached hydrogens (primary N) is 2. The third-order valence-corrected chi connectivity index (χ3v) is 3.31. The third-order valence-electron chi connectivity index (χ3n) is 3.31. The summed E-state index contributed by atoms with van der Waals surface area (Å²) in [6.07, 6.45) is 1.69. The molecule has 0 saturated carbocycles. The van der Waals surface area contributed by atoms with Crippen LogP contribution in [-0.4, -0.2) is 15.2 Å². The first-order chi connectivity index (χ1) is 10.5. The molecule has 0 unspecified atom stereocenters. The maximum Gasteiger partial charge on any atom is 0.153 e. The molecule has 110 valence electrons. The number of rotatable bonds is 1. The van der Waals surface area contributed by atoms with Crippen LogP contribution in [0.15, 0.2) is 30.5 Å². The van der Waals surface area contributed by atoms with Gasteiger partial charge in [0.05, 0.1) is 11.1 Å². The standard InChI is InChI=1S/C17H17N5/c1-10(2)3-4-12-7-13(11-5-6-20-15(18)9-11)8-14-16(12)21-22-17(14)19/h5-10H,1-2H3,(H2,18,20)(H3,19,21,22). The molecule has 0 fully saturated rings. The SMILES string of the molecule is CC(C)C#Cc1cc(-c2ccnc(N)c2)cc2c(N)n[nH]c12. The van der Waals surface area contributed by atoms with Crippen molar-refractivity contribution < 1.29 is 0 Å². The monoisotopic (exact) mass is 291 g/mol. The minimum atomic E-state index is 0.288. The smallest absolute Gasteiger partial charge is 0.153 e. The molecule has 0 saturated heterocycles. The summed E-state index contributed by atoms with van der Waals surface area (Å²) in [7, 11) is 0. The zero-order valence-corrected chi connectivity index (χ0v) is 12.5. The van der Waals surface area contributed by atoms with E-state index in [-0.39, 0.29) is 5.92 Å². The Morgan fingerprint density at radius 2 is 1.95 bits per heavy atom. The molecular formula is C17H17N5. The summed E-state index contributed by atoms with van der Waals surface area (Å²) in [5, 5.41) is 7.90. The number of benzene rings is 1. The van der Waals surface area contributed by atoms with E-state index in [1.165, 1.54) is 0 Å². The van der Waals surface area contributed by atoms with Crippen LogP contribution in [0.2, 0.25) is 0 Å². The van der Waals surface area contributed by atoms with E-state index in [9.17, 15) is 0 Å². The molecule has 0 bridgehead atoms. The van der Waals surface area contributed by atoms with E-state index in [4.69, 9.17) is 11.5 Å². The molecule has 5 heteroatoms. The first-order valence-electron chi connectivity index (χ1n) is 7.05. The van der Waals surface area contributed by atoms with Crippen molar-refractivity contribution in [2.45, 2.75) is 13.8 Å². The lowest BCUT2D eigenvalue weighted by atomic mass is 10.0. The Morgan fingerprint density at radius 1 is 1.14 bits per heavy atom. The van der Waals surface area contributed by atoms with Crippen LogP contribution < -0.4 is 11.5 Å². The van der Waals surface area contributed by atoms with E-state index in [1.54, 1.807) is 6.20 Å². The Bertz CT molecular complexity index is 896. The maximum atomic E-state index is 5.95.